The van der Waals surface area contributed by atoms with Crippen LogP contribution in [0.15, 0.2) is 71.2 Å². The van der Waals surface area contributed by atoms with Crippen molar-refractivity contribution in [1.82, 2.24) is 2.78 Å². The molecule has 0 aliphatic carbocycles. The van der Waals surface area contributed by atoms with Gasteiger partial charge in [-0.1, -0.05) is 52.3 Å². The Bertz CT molecular complexity index is 971. The zero-order valence-corrected chi connectivity index (χ0v) is 14.8. The number of benzene rings is 3. The van der Waals surface area contributed by atoms with E-state index in [1.165, 1.54) is 32.9 Å². The lowest BCUT2D eigenvalue weighted by atomic mass is 10.0. The standard InChI is InChI=1S/C18H11BrIN/c19-14-5-3-4-12(10-14)13-8-9-18-16(11-13)15-6-1-2-7-17(15)21(18)20/h1-11H. The smallest absolute Gasteiger partial charge is 0.0646 e. The second kappa shape index (κ2) is 5.14. The lowest BCUT2D eigenvalue weighted by molar-refractivity contribution is 1.49. The summed E-state index contributed by atoms with van der Waals surface area (Å²) in [6.07, 6.45) is 0. The molecule has 3 aromatic carbocycles. The van der Waals surface area contributed by atoms with Crippen molar-refractivity contribution in [3.8, 4) is 11.1 Å². The molecule has 0 saturated carbocycles. The van der Waals surface area contributed by atoms with E-state index in [0.29, 0.717) is 0 Å². The molecule has 4 aromatic rings. The molecule has 21 heavy (non-hydrogen) atoms. The van der Waals surface area contributed by atoms with Gasteiger partial charge in [-0.3, -0.25) is 2.78 Å². The summed E-state index contributed by atoms with van der Waals surface area (Å²) in [7, 11) is 0. The Balaban J connectivity index is 2.04. The second-order valence-corrected chi connectivity index (χ2v) is 6.92. The Morgan fingerprint density at radius 3 is 2.33 bits per heavy atom. The molecule has 3 heteroatoms. The van der Waals surface area contributed by atoms with Gasteiger partial charge in [0.05, 0.1) is 33.9 Å². The van der Waals surface area contributed by atoms with E-state index < -0.39 is 0 Å². The maximum absolute atomic E-state index is 3.55. The van der Waals surface area contributed by atoms with Crippen LogP contribution in [0.4, 0.5) is 0 Å². The first-order chi connectivity index (χ1) is 10.2. The van der Waals surface area contributed by atoms with Crippen molar-refractivity contribution in [1.29, 1.82) is 0 Å². The molecule has 4 rings (SSSR count). The van der Waals surface area contributed by atoms with Crippen LogP contribution in [0.1, 0.15) is 0 Å². The van der Waals surface area contributed by atoms with Gasteiger partial charge in [0, 0.05) is 15.2 Å². The molecule has 0 saturated heterocycles. The van der Waals surface area contributed by atoms with Crippen molar-refractivity contribution in [3.05, 3.63) is 71.2 Å². The third kappa shape index (κ3) is 2.19. The van der Waals surface area contributed by atoms with Crippen LogP contribution in [0, 0.1) is 0 Å². The van der Waals surface area contributed by atoms with Gasteiger partial charge in [-0.2, -0.15) is 0 Å². The van der Waals surface area contributed by atoms with Gasteiger partial charge in [-0.15, -0.1) is 0 Å². The van der Waals surface area contributed by atoms with Crippen LogP contribution in [0.5, 0.6) is 0 Å². The molecule has 0 N–H and O–H groups in total. The summed E-state index contributed by atoms with van der Waals surface area (Å²) in [4.78, 5) is 0. The highest BCUT2D eigenvalue weighted by molar-refractivity contribution is 14.1. The number of aromatic nitrogens is 1. The average Bonchev–Trinajstić information content (AvgIpc) is 2.81. The Morgan fingerprint density at radius 2 is 1.48 bits per heavy atom. The maximum atomic E-state index is 3.55. The average molecular weight is 448 g/mol. The Labute approximate surface area is 145 Å². The van der Waals surface area contributed by atoms with Gasteiger partial charge in [0.1, 0.15) is 0 Å². The minimum atomic E-state index is 1.11. The number of nitrogens with zero attached hydrogens (tertiary/aromatic N) is 1. The number of halogens is 2. The monoisotopic (exact) mass is 447 g/mol. The van der Waals surface area contributed by atoms with Crippen LogP contribution in [-0.2, 0) is 0 Å². The Kier molecular flexibility index (Phi) is 3.27. The minimum absolute atomic E-state index is 1.11. The molecule has 1 heterocycles. The van der Waals surface area contributed by atoms with Crippen molar-refractivity contribution in [2.45, 2.75) is 0 Å². The number of fused-ring (bicyclic) bond motifs is 3. The zero-order chi connectivity index (χ0) is 14.4. The van der Waals surface area contributed by atoms with Gasteiger partial charge in [0.25, 0.3) is 0 Å². The molecule has 0 unspecified atom stereocenters. The van der Waals surface area contributed by atoms with E-state index in [1.807, 2.05) is 0 Å². The number of hydrogen-bond donors (Lipinski definition) is 0. The van der Waals surface area contributed by atoms with Gasteiger partial charge in [0.2, 0.25) is 0 Å². The van der Waals surface area contributed by atoms with Crippen molar-refractivity contribution in [2.75, 3.05) is 0 Å². The normalized spacial score (nSPS) is 11.3. The van der Waals surface area contributed by atoms with Gasteiger partial charge in [-0.05, 0) is 41.5 Å². The summed E-state index contributed by atoms with van der Waals surface area (Å²) in [5, 5.41) is 2.61. The summed E-state index contributed by atoms with van der Waals surface area (Å²) >= 11 is 5.92. The van der Waals surface area contributed by atoms with Crippen molar-refractivity contribution < 1.29 is 0 Å². The Morgan fingerprint density at radius 1 is 0.714 bits per heavy atom. The van der Waals surface area contributed by atoms with E-state index in [9.17, 15) is 0 Å². The van der Waals surface area contributed by atoms with Gasteiger partial charge in [0.15, 0.2) is 0 Å². The molecule has 1 aromatic heterocycles. The highest BCUT2D eigenvalue weighted by Gasteiger charge is 2.09. The molecule has 0 atom stereocenters. The molecule has 1 nitrogen and oxygen atoms in total. The van der Waals surface area contributed by atoms with E-state index in [0.717, 1.165) is 4.47 Å². The molecule has 0 aliphatic heterocycles. The van der Waals surface area contributed by atoms with Crippen LogP contribution in [0.3, 0.4) is 0 Å². The van der Waals surface area contributed by atoms with Crippen LogP contribution in [0.25, 0.3) is 32.9 Å². The SMILES string of the molecule is Brc1cccc(-c2ccc3c(c2)c2ccccc2n3I)c1. The van der Waals surface area contributed by atoms with Crippen molar-refractivity contribution in [2.24, 2.45) is 0 Å². The maximum Gasteiger partial charge on any atom is 0.0646 e. The molecule has 0 spiro atoms. The van der Waals surface area contributed by atoms with Gasteiger partial charge < -0.3 is 0 Å². The third-order valence-corrected chi connectivity index (χ3v) is 5.30. The predicted molar refractivity (Wildman–Crippen MR) is 102 cm³/mol. The van der Waals surface area contributed by atoms with Crippen LogP contribution in [0.2, 0.25) is 0 Å². The van der Waals surface area contributed by atoms with Crippen molar-refractivity contribution in [3.63, 3.8) is 0 Å². The highest BCUT2D eigenvalue weighted by Crippen LogP contribution is 2.34. The summed E-state index contributed by atoms with van der Waals surface area (Å²) < 4.78 is 3.34. The fourth-order valence-electron chi connectivity index (χ4n) is 2.77. The first kappa shape index (κ1) is 13.3. The molecule has 0 amide bonds. The molecular formula is C18H11BrIN. The van der Waals surface area contributed by atoms with Gasteiger partial charge >= 0.3 is 0 Å². The number of hydrogen-bond acceptors (Lipinski definition) is 0. The van der Waals surface area contributed by atoms with E-state index in [1.54, 1.807) is 0 Å². The molecular weight excluding hydrogens is 437 g/mol. The second-order valence-electron chi connectivity index (χ2n) is 5.04. The van der Waals surface area contributed by atoms with Crippen LogP contribution >= 0.6 is 38.8 Å². The Hall–Kier alpha value is -1.33. The largest absolute Gasteiger partial charge is 0.282 e. The van der Waals surface area contributed by atoms with E-state index in [-0.39, 0.29) is 0 Å². The minimum Gasteiger partial charge on any atom is -0.282 e. The fraction of sp³-hybridized carbons (Fsp3) is 0. The molecule has 0 fully saturated rings. The number of para-hydroxylation sites is 1. The molecule has 0 bridgehead atoms. The summed E-state index contributed by atoms with van der Waals surface area (Å²) in [5.41, 5.74) is 5.00. The van der Waals surface area contributed by atoms with Crippen molar-refractivity contribution >= 4 is 60.6 Å². The van der Waals surface area contributed by atoms with Gasteiger partial charge in [-0.25, -0.2) is 0 Å². The summed E-state index contributed by atoms with van der Waals surface area (Å²) in [6, 6.07) is 23.7. The topological polar surface area (TPSA) is 4.93 Å². The lowest BCUT2D eigenvalue weighted by Gasteiger charge is -2.03. The molecule has 102 valence electrons. The van der Waals surface area contributed by atoms with Crippen LogP contribution < -0.4 is 0 Å². The summed E-state index contributed by atoms with van der Waals surface area (Å²) in [5.74, 6) is 0. The zero-order valence-electron chi connectivity index (χ0n) is 11.1. The fourth-order valence-corrected chi connectivity index (χ4v) is 4.01. The van der Waals surface area contributed by atoms with Crippen LogP contribution in [-0.4, -0.2) is 2.78 Å². The van der Waals surface area contributed by atoms with E-state index in [4.69, 9.17) is 0 Å². The quantitative estimate of drug-likeness (QED) is 0.296. The molecule has 0 aliphatic rings. The predicted octanol–water partition coefficient (Wildman–Crippen LogP) is 6.42. The lowest BCUT2D eigenvalue weighted by Crippen LogP contribution is -1.80. The first-order valence-electron chi connectivity index (χ1n) is 6.69. The van der Waals surface area contributed by atoms with E-state index in [2.05, 4.69) is 108 Å². The number of rotatable bonds is 1. The highest BCUT2D eigenvalue weighted by atomic mass is 127. The third-order valence-electron chi connectivity index (χ3n) is 3.77. The molecule has 0 radical (unpaired) electrons. The summed E-state index contributed by atoms with van der Waals surface area (Å²) in [6.45, 7) is 0. The van der Waals surface area contributed by atoms with E-state index >= 15 is 0 Å². The first-order valence-corrected chi connectivity index (χ1v) is 8.45.